The van der Waals surface area contributed by atoms with Gasteiger partial charge in [-0.2, -0.15) is 4.98 Å². The fourth-order valence-corrected chi connectivity index (χ4v) is 3.00. The van der Waals surface area contributed by atoms with E-state index >= 15 is 0 Å². The number of halogens is 2. The van der Waals surface area contributed by atoms with E-state index in [2.05, 4.69) is 26.1 Å². The summed E-state index contributed by atoms with van der Waals surface area (Å²) in [5, 5.41) is 13.3. The van der Waals surface area contributed by atoms with Crippen LogP contribution in [0.4, 0.5) is 4.39 Å². The fourth-order valence-electron chi connectivity index (χ4n) is 2.59. The molecule has 0 aliphatic carbocycles. The van der Waals surface area contributed by atoms with Crippen molar-refractivity contribution in [2.75, 3.05) is 13.2 Å². The molecule has 136 valence electrons. The summed E-state index contributed by atoms with van der Waals surface area (Å²) in [5.74, 6) is 0.643. The van der Waals surface area contributed by atoms with Gasteiger partial charge in [-0.05, 0) is 25.1 Å². The maximum absolute atomic E-state index is 14.0. The van der Waals surface area contributed by atoms with Crippen molar-refractivity contribution in [3.63, 3.8) is 0 Å². The van der Waals surface area contributed by atoms with Crippen molar-refractivity contribution < 1.29 is 14.0 Å². The van der Waals surface area contributed by atoms with Gasteiger partial charge in [-0.25, -0.2) is 4.39 Å². The van der Waals surface area contributed by atoms with Crippen molar-refractivity contribution >= 4 is 15.9 Å². The zero-order valence-corrected chi connectivity index (χ0v) is 15.9. The van der Waals surface area contributed by atoms with Crippen LogP contribution < -0.4 is 0 Å². The van der Waals surface area contributed by atoms with Crippen molar-refractivity contribution in [3.05, 3.63) is 69.8 Å². The summed E-state index contributed by atoms with van der Waals surface area (Å²) in [4.78, 5) is 6.27. The van der Waals surface area contributed by atoms with E-state index in [0.29, 0.717) is 36.9 Å². The normalized spacial score (nSPS) is 11.3. The van der Waals surface area contributed by atoms with Gasteiger partial charge in [0.05, 0.1) is 13.2 Å². The Hall–Kier alpha value is -2.09. The maximum Gasteiger partial charge on any atom is 0.241 e. The SMILES string of the molecule is Cc1ccc(-c2noc(CN(CCO)Cc3cc(Br)ccc3F)n2)cc1. The Labute approximate surface area is 159 Å². The van der Waals surface area contributed by atoms with Gasteiger partial charge < -0.3 is 9.63 Å². The molecular weight excluding hydrogens is 401 g/mol. The quantitative estimate of drug-likeness (QED) is 0.628. The third kappa shape index (κ3) is 4.75. The van der Waals surface area contributed by atoms with Crippen LogP contribution in [0.1, 0.15) is 17.0 Å². The second-order valence-electron chi connectivity index (χ2n) is 6.05. The third-order valence-electron chi connectivity index (χ3n) is 3.95. The van der Waals surface area contributed by atoms with Crippen molar-refractivity contribution in [1.82, 2.24) is 15.0 Å². The molecule has 3 aromatic rings. The van der Waals surface area contributed by atoms with Crippen LogP contribution in [-0.4, -0.2) is 33.3 Å². The van der Waals surface area contributed by atoms with Crippen molar-refractivity contribution in [3.8, 4) is 11.4 Å². The lowest BCUT2D eigenvalue weighted by atomic mass is 10.1. The average molecular weight is 420 g/mol. The van der Waals surface area contributed by atoms with Crippen molar-refractivity contribution in [2.24, 2.45) is 0 Å². The Balaban J connectivity index is 1.74. The summed E-state index contributed by atoms with van der Waals surface area (Å²) in [5.41, 5.74) is 2.56. The highest BCUT2D eigenvalue weighted by molar-refractivity contribution is 9.10. The number of nitrogens with zero attached hydrogens (tertiary/aromatic N) is 3. The molecule has 5 nitrogen and oxygen atoms in total. The lowest BCUT2D eigenvalue weighted by Crippen LogP contribution is -2.26. The molecule has 26 heavy (non-hydrogen) atoms. The van der Waals surface area contributed by atoms with E-state index in [1.165, 1.54) is 6.07 Å². The molecule has 1 heterocycles. The first-order chi connectivity index (χ1) is 12.5. The zero-order chi connectivity index (χ0) is 18.5. The summed E-state index contributed by atoms with van der Waals surface area (Å²) < 4.78 is 20.1. The Morgan fingerprint density at radius 1 is 1.15 bits per heavy atom. The van der Waals surface area contributed by atoms with Crippen LogP contribution in [0.5, 0.6) is 0 Å². The number of hydrogen-bond acceptors (Lipinski definition) is 5. The van der Waals surface area contributed by atoms with Gasteiger partial charge in [-0.15, -0.1) is 0 Å². The minimum atomic E-state index is -0.290. The minimum absolute atomic E-state index is 0.0470. The first-order valence-electron chi connectivity index (χ1n) is 8.22. The predicted molar refractivity (Wildman–Crippen MR) is 99.8 cm³/mol. The van der Waals surface area contributed by atoms with Crippen LogP contribution in [0.3, 0.4) is 0 Å². The Morgan fingerprint density at radius 2 is 1.92 bits per heavy atom. The summed E-state index contributed by atoms with van der Waals surface area (Å²) in [6, 6.07) is 12.6. The molecule has 0 saturated heterocycles. The van der Waals surface area contributed by atoms with E-state index in [4.69, 9.17) is 4.52 Å². The number of aromatic nitrogens is 2. The topological polar surface area (TPSA) is 62.4 Å². The Morgan fingerprint density at radius 3 is 2.65 bits per heavy atom. The molecule has 1 N–H and O–H groups in total. The molecule has 2 aromatic carbocycles. The van der Waals surface area contributed by atoms with Gasteiger partial charge in [0.2, 0.25) is 11.7 Å². The van der Waals surface area contributed by atoms with Crippen LogP contribution >= 0.6 is 15.9 Å². The van der Waals surface area contributed by atoms with Gasteiger partial charge in [0, 0.05) is 28.7 Å². The van der Waals surface area contributed by atoms with Gasteiger partial charge >= 0.3 is 0 Å². The second-order valence-corrected chi connectivity index (χ2v) is 6.96. The van der Waals surface area contributed by atoms with Crippen LogP contribution in [-0.2, 0) is 13.1 Å². The molecule has 0 amide bonds. The molecular formula is C19H19BrFN3O2. The van der Waals surface area contributed by atoms with Crippen molar-refractivity contribution in [1.29, 1.82) is 0 Å². The van der Waals surface area contributed by atoms with Crippen LogP contribution in [0.15, 0.2) is 51.5 Å². The van der Waals surface area contributed by atoms with Gasteiger partial charge in [-0.3, -0.25) is 4.90 Å². The molecule has 0 aliphatic rings. The summed E-state index contributed by atoms with van der Waals surface area (Å²) in [6.45, 7) is 2.99. The molecule has 0 spiro atoms. The zero-order valence-electron chi connectivity index (χ0n) is 14.3. The molecule has 3 rings (SSSR count). The van der Waals surface area contributed by atoms with E-state index in [1.54, 1.807) is 12.1 Å². The molecule has 1 aromatic heterocycles. The molecule has 0 saturated carbocycles. The van der Waals surface area contributed by atoms with Crippen LogP contribution in [0.2, 0.25) is 0 Å². The number of rotatable bonds is 7. The number of aliphatic hydroxyl groups excluding tert-OH is 1. The predicted octanol–water partition coefficient (Wildman–Crippen LogP) is 3.94. The molecule has 0 fully saturated rings. The van der Waals surface area contributed by atoms with E-state index in [-0.39, 0.29) is 12.4 Å². The van der Waals surface area contributed by atoms with Crippen LogP contribution in [0.25, 0.3) is 11.4 Å². The van der Waals surface area contributed by atoms with Crippen molar-refractivity contribution in [2.45, 2.75) is 20.0 Å². The monoisotopic (exact) mass is 419 g/mol. The first kappa shape index (κ1) is 18.7. The van der Waals surface area contributed by atoms with Gasteiger partial charge in [0.25, 0.3) is 0 Å². The highest BCUT2D eigenvalue weighted by Crippen LogP contribution is 2.20. The molecule has 0 atom stereocenters. The standard InChI is InChI=1S/C19H19BrFN3O2/c1-13-2-4-14(5-3-13)19-22-18(26-23-19)12-24(8-9-25)11-15-10-16(20)6-7-17(15)21/h2-7,10,25H,8-9,11-12H2,1H3. The fraction of sp³-hybridized carbons (Fsp3) is 0.263. The number of benzene rings is 2. The lowest BCUT2D eigenvalue weighted by molar-refractivity contribution is 0.166. The largest absolute Gasteiger partial charge is 0.395 e. The number of aryl methyl sites for hydroxylation is 1. The number of aliphatic hydroxyl groups is 1. The molecule has 7 heteroatoms. The average Bonchev–Trinajstić information content (AvgIpc) is 3.07. The third-order valence-corrected chi connectivity index (χ3v) is 4.45. The molecule has 0 aliphatic heterocycles. The van der Waals surface area contributed by atoms with E-state index in [9.17, 15) is 9.50 Å². The summed E-state index contributed by atoms with van der Waals surface area (Å²) in [7, 11) is 0. The van der Waals surface area contributed by atoms with Crippen LogP contribution in [0, 0.1) is 12.7 Å². The van der Waals surface area contributed by atoms with E-state index < -0.39 is 0 Å². The summed E-state index contributed by atoms with van der Waals surface area (Å²) >= 11 is 3.35. The first-order valence-corrected chi connectivity index (χ1v) is 9.01. The number of hydrogen-bond donors (Lipinski definition) is 1. The lowest BCUT2D eigenvalue weighted by Gasteiger charge is -2.19. The van der Waals surface area contributed by atoms with E-state index in [1.807, 2.05) is 36.1 Å². The smallest absolute Gasteiger partial charge is 0.241 e. The van der Waals surface area contributed by atoms with Gasteiger partial charge in [-0.1, -0.05) is 50.9 Å². The highest BCUT2D eigenvalue weighted by atomic mass is 79.9. The van der Waals surface area contributed by atoms with E-state index in [0.717, 1.165) is 15.6 Å². The molecule has 0 bridgehead atoms. The highest BCUT2D eigenvalue weighted by Gasteiger charge is 2.15. The maximum atomic E-state index is 14.0. The molecule has 0 radical (unpaired) electrons. The van der Waals surface area contributed by atoms with Gasteiger partial charge in [0.1, 0.15) is 5.82 Å². The minimum Gasteiger partial charge on any atom is -0.395 e. The Kier molecular flexibility index (Phi) is 6.13. The summed E-state index contributed by atoms with van der Waals surface area (Å²) in [6.07, 6.45) is 0. The second kappa shape index (κ2) is 8.53. The Bertz CT molecular complexity index is 867. The molecule has 0 unspecified atom stereocenters. The van der Waals surface area contributed by atoms with Gasteiger partial charge in [0.15, 0.2) is 0 Å².